The number of carbonyl (C=O) groups excluding carboxylic acids is 1. The molecular weight excluding hydrogens is 262 g/mol. The van der Waals surface area contributed by atoms with E-state index in [1.165, 1.54) is 25.7 Å². The van der Waals surface area contributed by atoms with E-state index in [1.807, 2.05) is 30.3 Å². The SMILES string of the molecule is CCCCCCCCOC(=O)CCC(N)c1ccccc1. The lowest BCUT2D eigenvalue weighted by atomic mass is 10.0. The molecule has 0 aromatic heterocycles. The van der Waals surface area contributed by atoms with Gasteiger partial charge >= 0.3 is 5.97 Å². The number of esters is 1. The third-order valence-electron chi connectivity index (χ3n) is 3.65. The topological polar surface area (TPSA) is 52.3 Å². The maximum atomic E-state index is 11.6. The number of unbranched alkanes of at least 4 members (excludes halogenated alkanes) is 5. The van der Waals surface area contributed by atoms with Crippen LogP contribution in [0.25, 0.3) is 0 Å². The van der Waals surface area contributed by atoms with Crippen LogP contribution in [0.2, 0.25) is 0 Å². The van der Waals surface area contributed by atoms with Crippen molar-refractivity contribution < 1.29 is 9.53 Å². The molecule has 0 aliphatic carbocycles. The molecule has 0 amide bonds. The number of rotatable bonds is 11. The number of carbonyl (C=O) groups is 1. The summed E-state index contributed by atoms with van der Waals surface area (Å²) >= 11 is 0. The molecule has 21 heavy (non-hydrogen) atoms. The molecule has 0 radical (unpaired) electrons. The highest BCUT2D eigenvalue weighted by molar-refractivity contribution is 5.69. The fraction of sp³-hybridized carbons (Fsp3) is 0.611. The second-order valence-corrected chi connectivity index (χ2v) is 5.54. The Hall–Kier alpha value is -1.35. The molecule has 1 rings (SSSR count). The lowest BCUT2D eigenvalue weighted by molar-refractivity contribution is -0.144. The second-order valence-electron chi connectivity index (χ2n) is 5.54. The first kappa shape index (κ1) is 17.7. The Morgan fingerprint density at radius 1 is 1.10 bits per heavy atom. The van der Waals surface area contributed by atoms with Crippen molar-refractivity contribution in [2.24, 2.45) is 5.73 Å². The molecule has 0 aliphatic rings. The highest BCUT2D eigenvalue weighted by Gasteiger charge is 2.09. The maximum absolute atomic E-state index is 11.6. The van der Waals surface area contributed by atoms with E-state index < -0.39 is 0 Å². The maximum Gasteiger partial charge on any atom is 0.305 e. The minimum absolute atomic E-state index is 0.0900. The number of hydrogen-bond acceptors (Lipinski definition) is 3. The smallest absolute Gasteiger partial charge is 0.305 e. The van der Waals surface area contributed by atoms with Crippen molar-refractivity contribution in [1.82, 2.24) is 0 Å². The Morgan fingerprint density at radius 2 is 1.76 bits per heavy atom. The largest absolute Gasteiger partial charge is 0.466 e. The van der Waals surface area contributed by atoms with E-state index >= 15 is 0 Å². The molecule has 1 aromatic rings. The molecule has 0 spiro atoms. The Balaban J connectivity index is 2.03. The fourth-order valence-corrected chi connectivity index (χ4v) is 2.28. The van der Waals surface area contributed by atoms with Crippen LogP contribution in [-0.4, -0.2) is 12.6 Å². The molecule has 0 saturated heterocycles. The van der Waals surface area contributed by atoms with E-state index in [9.17, 15) is 4.79 Å². The van der Waals surface area contributed by atoms with Gasteiger partial charge in [-0.3, -0.25) is 4.79 Å². The van der Waals surface area contributed by atoms with Crippen molar-refractivity contribution in [3.8, 4) is 0 Å². The summed E-state index contributed by atoms with van der Waals surface area (Å²) in [6.45, 7) is 2.76. The van der Waals surface area contributed by atoms with Crippen molar-refractivity contribution in [2.75, 3.05) is 6.61 Å². The van der Waals surface area contributed by atoms with Gasteiger partial charge in [0.05, 0.1) is 6.61 Å². The molecule has 0 bridgehead atoms. The Bertz CT molecular complexity index is 378. The first-order chi connectivity index (χ1) is 10.2. The van der Waals surface area contributed by atoms with Gasteiger partial charge < -0.3 is 10.5 Å². The third-order valence-corrected chi connectivity index (χ3v) is 3.65. The summed E-state index contributed by atoms with van der Waals surface area (Å²) in [5.74, 6) is -0.130. The van der Waals surface area contributed by atoms with Gasteiger partial charge in [0.1, 0.15) is 0 Å². The van der Waals surface area contributed by atoms with Crippen molar-refractivity contribution in [1.29, 1.82) is 0 Å². The molecule has 1 atom stereocenters. The highest BCUT2D eigenvalue weighted by atomic mass is 16.5. The van der Waals surface area contributed by atoms with E-state index in [-0.39, 0.29) is 12.0 Å². The van der Waals surface area contributed by atoms with Crippen LogP contribution in [0.4, 0.5) is 0 Å². The zero-order valence-electron chi connectivity index (χ0n) is 13.2. The van der Waals surface area contributed by atoms with Crippen LogP contribution in [-0.2, 0) is 9.53 Å². The van der Waals surface area contributed by atoms with Gasteiger partial charge in [-0.05, 0) is 18.4 Å². The molecule has 2 N–H and O–H groups in total. The van der Waals surface area contributed by atoms with Gasteiger partial charge in [-0.25, -0.2) is 0 Å². The third kappa shape index (κ3) is 8.51. The van der Waals surface area contributed by atoms with Crippen LogP contribution in [0.5, 0.6) is 0 Å². The standard InChI is InChI=1S/C18H29NO2/c1-2-3-4-5-6-10-15-21-18(20)14-13-17(19)16-11-8-7-9-12-16/h7-9,11-12,17H,2-6,10,13-15,19H2,1H3. The van der Waals surface area contributed by atoms with Crippen molar-refractivity contribution in [2.45, 2.75) is 64.3 Å². The summed E-state index contributed by atoms with van der Waals surface area (Å²) in [4.78, 5) is 11.6. The van der Waals surface area contributed by atoms with Crippen molar-refractivity contribution in [3.05, 3.63) is 35.9 Å². The molecule has 0 aliphatic heterocycles. The number of hydrogen-bond donors (Lipinski definition) is 1. The Kier molecular flexibility index (Phi) is 9.55. The molecule has 118 valence electrons. The lowest BCUT2D eigenvalue weighted by Crippen LogP contribution is -2.14. The number of nitrogens with two attached hydrogens (primary N) is 1. The summed E-state index contributed by atoms with van der Waals surface area (Å²) in [6.07, 6.45) is 8.25. The normalized spacial score (nSPS) is 12.1. The minimum Gasteiger partial charge on any atom is -0.466 e. The zero-order chi connectivity index (χ0) is 15.3. The first-order valence-corrected chi connectivity index (χ1v) is 8.20. The molecule has 1 aromatic carbocycles. The van der Waals surface area contributed by atoms with Gasteiger partial charge in [-0.15, -0.1) is 0 Å². The predicted octanol–water partition coefficient (Wildman–Crippen LogP) is 4.37. The Labute approximate surface area is 128 Å². The lowest BCUT2D eigenvalue weighted by Gasteiger charge is -2.11. The van der Waals surface area contributed by atoms with E-state index in [4.69, 9.17) is 10.5 Å². The second kappa shape index (κ2) is 11.3. The van der Waals surface area contributed by atoms with Gasteiger partial charge in [0.15, 0.2) is 0 Å². The monoisotopic (exact) mass is 291 g/mol. The summed E-state index contributed by atoms with van der Waals surface area (Å²) < 4.78 is 5.24. The fourth-order valence-electron chi connectivity index (χ4n) is 2.28. The van der Waals surface area contributed by atoms with Gasteiger partial charge in [0.25, 0.3) is 0 Å². The number of ether oxygens (including phenoxy) is 1. The average Bonchev–Trinajstić information content (AvgIpc) is 2.52. The summed E-state index contributed by atoms with van der Waals surface area (Å²) in [5, 5.41) is 0. The summed E-state index contributed by atoms with van der Waals surface area (Å²) in [6, 6.07) is 9.79. The minimum atomic E-state index is -0.130. The highest BCUT2D eigenvalue weighted by Crippen LogP contribution is 2.15. The molecule has 3 nitrogen and oxygen atoms in total. The van der Waals surface area contributed by atoms with Gasteiger partial charge in [-0.1, -0.05) is 69.4 Å². The number of benzene rings is 1. The molecular formula is C18H29NO2. The van der Waals surface area contributed by atoms with Gasteiger partial charge in [0.2, 0.25) is 0 Å². The van der Waals surface area contributed by atoms with Crippen LogP contribution >= 0.6 is 0 Å². The molecule has 0 fully saturated rings. The van der Waals surface area contributed by atoms with Gasteiger partial charge in [0, 0.05) is 12.5 Å². The van der Waals surface area contributed by atoms with Crippen LogP contribution < -0.4 is 5.73 Å². The summed E-state index contributed by atoms with van der Waals surface area (Å²) in [7, 11) is 0. The Morgan fingerprint density at radius 3 is 2.48 bits per heavy atom. The molecule has 0 saturated carbocycles. The quantitative estimate of drug-likeness (QED) is 0.486. The average molecular weight is 291 g/mol. The predicted molar refractivity (Wildman–Crippen MR) is 86.9 cm³/mol. The van der Waals surface area contributed by atoms with E-state index in [2.05, 4.69) is 6.92 Å². The molecule has 3 heteroatoms. The van der Waals surface area contributed by atoms with Gasteiger partial charge in [-0.2, -0.15) is 0 Å². The van der Waals surface area contributed by atoms with E-state index in [0.717, 1.165) is 18.4 Å². The van der Waals surface area contributed by atoms with E-state index in [0.29, 0.717) is 19.4 Å². The molecule has 0 heterocycles. The molecule has 1 unspecified atom stereocenters. The van der Waals surface area contributed by atoms with Crippen LogP contribution in [0.1, 0.15) is 69.9 Å². The van der Waals surface area contributed by atoms with Crippen molar-refractivity contribution in [3.63, 3.8) is 0 Å². The first-order valence-electron chi connectivity index (χ1n) is 8.20. The zero-order valence-corrected chi connectivity index (χ0v) is 13.2. The van der Waals surface area contributed by atoms with Crippen LogP contribution in [0.15, 0.2) is 30.3 Å². The summed E-state index contributed by atoms with van der Waals surface area (Å²) in [5.41, 5.74) is 7.13. The van der Waals surface area contributed by atoms with Crippen LogP contribution in [0, 0.1) is 0 Å². The van der Waals surface area contributed by atoms with Crippen LogP contribution in [0.3, 0.4) is 0 Å². The van der Waals surface area contributed by atoms with E-state index in [1.54, 1.807) is 0 Å². The van der Waals surface area contributed by atoms with Crippen molar-refractivity contribution >= 4 is 5.97 Å².